The molecular weight excluding hydrogens is 332 g/mol. The van der Waals surface area contributed by atoms with E-state index in [2.05, 4.69) is 47.7 Å². The minimum atomic E-state index is 0.497. The highest BCUT2D eigenvalue weighted by atomic mass is 32.1. The number of aryl methyl sites for hydroxylation is 1. The van der Waals surface area contributed by atoms with E-state index >= 15 is 0 Å². The molecule has 6 nitrogen and oxygen atoms in total. The summed E-state index contributed by atoms with van der Waals surface area (Å²) in [5.74, 6) is 1.81. The zero-order valence-electron chi connectivity index (χ0n) is 13.4. The highest BCUT2D eigenvalue weighted by Crippen LogP contribution is 2.28. The molecule has 0 aliphatic heterocycles. The van der Waals surface area contributed by atoms with E-state index in [4.69, 9.17) is 0 Å². The van der Waals surface area contributed by atoms with Crippen LogP contribution in [0.15, 0.2) is 60.5 Å². The van der Waals surface area contributed by atoms with Gasteiger partial charge in [0.15, 0.2) is 0 Å². The van der Waals surface area contributed by atoms with E-state index in [0.29, 0.717) is 17.6 Å². The Hall–Kier alpha value is -3.19. The number of hydrogen-bond donors (Lipinski definition) is 1. The van der Waals surface area contributed by atoms with Crippen molar-refractivity contribution in [1.82, 2.24) is 24.9 Å². The Bertz CT molecular complexity index is 986. The summed E-state index contributed by atoms with van der Waals surface area (Å²) in [5, 5.41) is 5.16. The number of anilines is 2. The molecule has 0 saturated carbocycles. The maximum absolute atomic E-state index is 4.54. The monoisotopic (exact) mass is 346 g/mol. The van der Waals surface area contributed by atoms with Gasteiger partial charge in [0.2, 0.25) is 5.95 Å². The number of pyridine rings is 1. The van der Waals surface area contributed by atoms with Gasteiger partial charge in [-0.1, -0.05) is 6.07 Å². The van der Waals surface area contributed by atoms with E-state index in [1.54, 1.807) is 29.8 Å². The van der Waals surface area contributed by atoms with Crippen molar-refractivity contribution in [2.45, 2.75) is 6.92 Å². The first-order chi connectivity index (χ1) is 12.3. The number of thiophene rings is 1. The average Bonchev–Trinajstić information content (AvgIpc) is 3.17. The Morgan fingerprint density at radius 3 is 2.60 bits per heavy atom. The molecule has 0 bridgehead atoms. The molecule has 0 amide bonds. The van der Waals surface area contributed by atoms with E-state index in [1.165, 1.54) is 4.88 Å². The van der Waals surface area contributed by atoms with Crippen LogP contribution in [0.5, 0.6) is 0 Å². The Kier molecular flexibility index (Phi) is 4.14. The van der Waals surface area contributed by atoms with Crippen LogP contribution in [0.1, 0.15) is 5.82 Å². The number of nitrogens with zero attached hydrogens (tertiary/aromatic N) is 5. The molecule has 4 aromatic heterocycles. The Morgan fingerprint density at radius 1 is 0.960 bits per heavy atom. The van der Waals surface area contributed by atoms with Gasteiger partial charge in [0.1, 0.15) is 11.6 Å². The highest BCUT2D eigenvalue weighted by Gasteiger charge is 2.08. The second kappa shape index (κ2) is 6.74. The van der Waals surface area contributed by atoms with E-state index in [-0.39, 0.29) is 0 Å². The molecule has 4 heterocycles. The van der Waals surface area contributed by atoms with Crippen LogP contribution in [0.3, 0.4) is 0 Å². The fourth-order valence-corrected chi connectivity index (χ4v) is 3.12. The van der Waals surface area contributed by atoms with Crippen LogP contribution < -0.4 is 5.32 Å². The van der Waals surface area contributed by atoms with Crippen LogP contribution in [0, 0.1) is 6.92 Å². The number of rotatable bonds is 4. The summed E-state index contributed by atoms with van der Waals surface area (Å²) in [6, 6.07) is 9.84. The highest BCUT2D eigenvalue weighted by molar-refractivity contribution is 7.13. The largest absolute Gasteiger partial charge is 0.309 e. The van der Waals surface area contributed by atoms with Crippen LogP contribution in [0.4, 0.5) is 11.8 Å². The number of aromatic nitrogens is 5. The lowest BCUT2D eigenvalue weighted by molar-refractivity contribution is 1.05. The smallest absolute Gasteiger partial charge is 0.228 e. The number of nitrogens with one attached hydrogen (secondary N) is 1. The van der Waals surface area contributed by atoms with E-state index < -0.39 is 0 Å². The molecule has 0 aliphatic rings. The second-order valence-electron chi connectivity index (χ2n) is 5.32. The molecule has 0 atom stereocenters. The minimum absolute atomic E-state index is 0.497. The molecular formula is C18H14N6S. The summed E-state index contributed by atoms with van der Waals surface area (Å²) in [6.07, 6.45) is 7.03. The van der Waals surface area contributed by atoms with Gasteiger partial charge in [0.25, 0.3) is 0 Å². The van der Waals surface area contributed by atoms with Gasteiger partial charge >= 0.3 is 0 Å². The second-order valence-corrected chi connectivity index (χ2v) is 6.27. The maximum Gasteiger partial charge on any atom is 0.228 e. The fraction of sp³-hybridized carbons (Fsp3) is 0.0556. The topological polar surface area (TPSA) is 76.5 Å². The molecule has 4 aromatic rings. The molecule has 1 N–H and O–H groups in total. The van der Waals surface area contributed by atoms with Crippen LogP contribution in [0.25, 0.3) is 21.7 Å². The zero-order chi connectivity index (χ0) is 17.1. The van der Waals surface area contributed by atoms with Gasteiger partial charge in [0, 0.05) is 46.9 Å². The van der Waals surface area contributed by atoms with Crippen molar-refractivity contribution < 1.29 is 0 Å². The van der Waals surface area contributed by atoms with E-state index in [0.717, 1.165) is 16.8 Å². The fourth-order valence-electron chi connectivity index (χ4n) is 2.42. The van der Waals surface area contributed by atoms with Gasteiger partial charge in [-0.3, -0.25) is 4.98 Å². The minimum Gasteiger partial charge on any atom is -0.309 e. The molecule has 0 saturated heterocycles. The predicted octanol–water partition coefficient (Wildman–Crippen LogP) is 4.11. The zero-order valence-corrected chi connectivity index (χ0v) is 14.2. The first-order valence-corrected chi connectivity index (χ1v) is 8.55. The van der Waals surface area contributed by atoms with Crippen LogP contribution in [-0.2, 0) is 0 Å². The molecule has 0 fully saturated rings. The molecule has 0 aliphatic carbocycles. The van der Waals surface area contributed by atoms with Crippen molar-refractivity contribution in [3.63, 3.8) is 0 Å². The van der Waals surface area contributed by atoms with Gasteiger partial charge in [-0.2, -0.15) is 0 Å². The average molecular weight is 346 g/mol. The third kappa shape index (κ3) is 3.51. The quantitative estimate of drug-likeness (QED) is 0.599. The van der Waals surface area contributed by atoms with Crippen molar-refractivity contribution >= 4 is 23.1 Å². The van der Waals surface area contributed by atoms with Crippen molar-refractivity contribution in [2.24, 2.45) is 0 Å². The summed E-state index contributed by atoms with van der Waals surface area (Å²) in [5.41, 5.74) is 2.81. The van der Waals surface area contributed by atoms with Crippen LogP contribution in [0.2, 0.25) is 0 Å². The third-order valence-corrected chi connectivity index (χ3v) is 4.40. The summed E-state index contributed by atoms with van der Waals surface area (Å²) < 4.78 is 0. The van der Waals surface area contributed by atoms with Crippen LogP contribution in [-0.4, -0.2) is 24.9 Å². The molecule has 0 radical (unpaired) electrons. The lowest BCUT2D eigenvalue weighted by Gasteiger charge is -2.08. The molecule has 0 spiro atoms. The molecule has 0 unspecified atom stereocenters. The standard InChI is InChI=1S/C18H14N6S/c1-12-22-15(9-17(23-12)24-18-20-5-3-6-21-18)13-8-14(11-19-10-13)16-4-2-7-25-16/h2-11H,1H3,(H,20,21,22,23,24). The van der Waals surface area contributed by atoms with Crippen molar-refractivity contribution in [2.75, 3.05) is 5.32 Å². The van der Waals surface area contributed by atoms with E-state index in [1.807, 2.05) is 31.5 Å². The van der Waals surface area contributed by atoms with Crippen molar-refractivity contribution in [3.8, 4) is 21.7 Å². The van der Waals surface area contributed by atoms with Gasteiger partial charge in [-0.05, 0) is 30.5 Å². The Morgan fingerprint density at radius 2 is 1.80 bits per heavy atom. The summed E-state index contributed by atoms with van der Waals surface area (Å²) in [4.78, 5) is 22.8. The molecule has 25 heavy (non-hydrogen) atoms. The lowest BCUT2D eigenvalue weighted by Crippen LogP contribution is -2.01. The van der Waals surface area contributed by atoms with Gasteiger partial charge in [0.05, 0.1) is 5.69 Å². The van der Waals surface area contributed by atoms with Crippen LogP contribution >= 0.6 is 11.3 Å². The van der Waals surface area contributed by atoms with Gasteiger partial charge in [-0.15, -0.1) is 11.3 Å². The first-order valence-electron chi connectivity index (χ1n) is 7.67. The van der Waals surface area contributed by atoms with Crippen molar-refractivity contribution in [1.29, 1.82) is 0 Å². The summed E-state index contributed by atoms with van der Waals surface area (Å²) >= 11 is 1.69. The normalized spacial score (nSPS) is 10.6. The Labute approximate surface area is 148 Å². The molecule has 122 valence electrons. The van der Waals surface area contributed by atoms with Crippen molar-refractivity contribution in [3.05, 3.63) is 66.3 Å². The Balaban J connectivity index is 1.70. The van der Waals surface area contributed by atoms with Gasteiger partial charge < -0.3 is 5.32 Å². The summed E-state index contributed by atoms with van der Waals surface area (Å²) in [7, 11) is 0. The SMILES string of the molecule is Cc1nc(Nc2ncccn2)cc(-c2cncc(-c3cccs3)c2)n1. The predicted molar refractivity (Wildman–Crippen MR) is 98.6 cm³/mol. The number of hydrogen-bond acceptors (Lipinski definition) is 7. The van der Waals surface area contributed by atoms with Gasteiger partial charge in [-0.25, -0.2) is 19.9 Å². The maximum atomic E-state index is 4.54. The summed E-state index contributed by atoms with van der Waals surface area (Å²) in [6.45, 7) is 1.86. The first kappa shape index (κ1) is 15.3. The lowest BCUT2D eigenvalue weighted by atomic mass is 10.1. The molecule has 0 aromatic carbocycles. The third-order valence-electron chi connectivity index (χ3n) is 3.48. The molecule has 7 heteroatoms. The van der Waals surface area contributed by atoms with E-state index in [9.17, 15) is 0 Å². The molecule has 4 rings (SSSR count).